The van der Waals surface area contributed by atoms with Gasteiger partial charge in [0.15, 0.2) is 17.3 Å². The van der Waals surface area contributed by atoms with Gasteiger partial charge >= 0.3 is 0 Å². The summed E-state index contributed by atoms with van der Waals surface area (Å²) >= 11 is 0. The van der Waals surface area contributed by atoms with E-state index >= 15 is 0 Å². The summed E-state index contributed by atoms with van der Waals surface area (Å²) in [6.07, 6.45) is -1.34. The molecule has 0 saturated carbocycles. The molecule has 1 aliphatic rings. The van der Waals surface area contributed by atoms with Crippen LogP contribution < -0.4 is 9.47 Å². The number of halogens is 1. The molecule has 0 aliphatic carbocycles. The lowest BCUT2D eigenvalue weighted by atomic mass is 9.99. The third-order valence-electron chi connectivity index (χ3n) is 3.09. The Hall–Kier alpha value is -2.40. The average molecular weight is 274 g/mol. The number of carbonyl (C=O) groups is 1. The van der Waals surface area contributed by atoms with E-state index in [2.05, 4.69) is 0 Å². The number of Topliss-reactive ketones (excluding diaryl/α,β-unsaturated/α-hetero) is 1. The predicted molar refractivity (Wildman–Crippen MR) is 68.3 cm³/mol. The molecule has 1 unspecified atom stereocenters. The monoisotopic (exact) mass is 274 g/mol. The number of aliphatic hydroxyl groups is 1. The Kier molecular flexibility index (Phi) is 3.12. The summed E-state index contributed by atoms with van der Waals surface area (Å²) in [5, 5.41) is 10.0. The summed E-state index contributed by atoms with van der Waals surface area (Å²) in [4.78, 5) is 12.2. The van der Waals surface area contributed by atoms with Crippen LogP contribution in [-0.4, -0.2) is 17.7 Å². The minimum atomic E-state index is -1.34. The standard InChI is InChI=1S/C15H11FO4/c16-11-4-1-9(2-5-11)14(17)15(18)10-3-6-12-13(7-10)20-8-19-12/h1-7,14,17H,8H2. The molecule has 1 heterocycles. The molecule has 5 heteroatoms. The van der Waals surface area contributed by atoms with Crippen LogP contribution in [0.2, 0.25) is 0 Å². The third-order valence-corrected chi connectivity index (χ3v) is 3.09. The molecule has 0 fully saturated rings. The topological polar surface area (TPSA) is 55.8 Å². The number of ether oxygens (including phenoxy) is 2. The van der Waals surface area contributed by atoms with E-state index in [-0.39, 0.29) is 6.79 Å². The van der Waals surface area contributed by atoms with Gasteiger partial charge in [0.1, 0.15) is 11.9 Å². The molecule has 0 spiro atoms. The molecule has 2 aromatic rings. The molecule has 20 heavy (non-hydrogen) atoms. The zero-order valence-corrected chi connectivity index (χ0v) is 10.4. The van der Waals surface area contributed by atoms with E-state index in [0.717, 1.165) is 0 Å². The number of aliphatic hydroxyl groups excluding tert-OH is 1. The minimum Gasteiger partial charge on any atom is -0.454 e. The van der Waals surface area contributed by atoms with Gasteiger partial charge in [-0.05, 0) is 35.9 Å². The molecule has 3 rings (SSSR count). The summed E-state index contributed by atoms with van der Waals surface area (Å²) in [7, 11) is 0. The van der Waals surface area contributed by atoms with Gasteiger partial charge in [-0.1, -0.05) is 12.1 Å². The van der Waals surface area contributed by atoms with E-state index in [0.29, 0.717) is 22.6 Å². The Labute approximate surface area is 114 Å². The summed E-state index contributed by atoms with van der Waals surface area (Å²) in [5.41, 5.74) is 0.653. The Morgan fingerprint density at radius 2 is 1.80 bits per heavy atom. The fraction of sp³-hybridized carbons (Fsp3) is 0.133. The second-order valence-corrected chi connectivity index (χ2v) is 4.39. The second-order valence-electron chi connectivity index (χ2n) is 4.39. The molecule has 0 aromatic heterocycles. The van der Waals surface area contributed by atoms with Crippen LogP contribution in [0.3, 0.4) is 0 Å². The number of fused-ring (bicyclic) bond motifs is 1. The van der Waals surface area contributed by atoms with Crippen LogP contribution in [0.5, 0.6) is 11.5 Å². The van der Waals surface area contributed by atoms with Crippen molar-refractivity contribution >= 4 is 5.78 Å². The first kappa shape index (κ1) is 12.6. The van der Waals surface area contributed by atoms with Gasteiger partial charge < -0.3 is 14.6 Å². The summed E-state index contributed by atoms with van der Waals surface area (Å²) in [6.45, 7) is 0.119. The van der Waals surface area contributed by atoms with E-state index in [1.165, 1.54) is 30.3 Å². The second kappa shape index (κ2) is 4.94. The lowest BCUT2D eigenvalue weighted by Gasteiger charge is -2.10. The average Bonchev–Trinajstić information content (AvgIpc) is 2.94. The van der Waals surface area contributed by atoms with Crippen molar-refractivity contribution in [3.63, 3.8) is 0 Å². The highest BCUT2D eigenvalue weighted by Gasteiger charge is 2.22. The first-order valence-corrected chi connectivity index (χ1v) is 6.02. The third kappa shape index (κ3) is 2.23. The molecular weight excluding hydrogens is 263 g/mol. The van der Waals surface area contributed by atoms with Crippen molar-refractivity contribution < 1.29 is 23.8 Å². The van der Waals surface area contributed by atoms with E-state index in [4.69, 9.17) is 9.47 Å². The van der Waals surface area contributed by atoms with Gasteiger partial charge in [0.25, 0.3) is 0 Å². The summed E-state index contributed by atoms with van der Waals surface area (Å²) < 4.78 is 23.2. The van der Waals surface area contributed by atoms with Gasteiger partial charge in [0.05, 0.1) is 0 Å². The van der Waals surface area contributed by atoms with Crippen LogP contribution in [0.25, 0.3) is 0 Å². The van der Waals surface area contributed by atoms with Gasteiger partial charge in [-0.25, -0.2) is 4.39 Å². The lowest BCUT2D eigenvalue weighted by molar-refractivity contribution is 0.0747. The summed E-state index contributed by atoms with van der Waals surface area (Å²) in [5.74, 6) is 0.145. The fourth-order valence-electron chi connectivity index (χ4n) is 2.00. The molecule has 0 saturated heterocycles. The van der Waals surface area contributed by atoms with E-state index in [1.807, 2.05) is 0 Å². The number of hydrogen-bond donors (Lipinski definition) is 1. The zero-order valence-electron chi connectivity index (χ0n) is 10.4. The first-order valence-electron chi connectivity index (χ1n) is 6.02. The van der Waals surface area contributed by atoms with Gasteiger partial charge in [0, 0.05) is 5.56 Å². The van der Waals surface area contributed by atoms with Gasteiger partial charge in [-0.2, -0.15) is 0 Å². The SMILES string of the molecule is O=C(c1ccc2c(c1)OCO2)C(O)c1ccc(F)cc1. The number of ketones is 1. The van der Waals surface area contributed by atoms with Crippen molar-refractivity contribution in [3.8, 4) is 11.5 Å². The predicted octanol–water partition coefficient (Wildman–Crippen LogP) is 2.47. The van der Waals surface area contributed by atoms with Crippen LogP contribution in [0.4, 0.5) is 4.39 Å². The maximum Gasteiger partial charge on any atom is 0.231 e. The van der Waals surface area contributed by atoms with Gasteiger partial charge in [0.2, 0.25) is 6.79 Å². The molecule has 0 bridgehead atoms. The molecule has 0 radical (unpaired) electrons. The Balaban J connectivity index is 1.86. The molecular formula is C15H11FO4. The zero-order chi connectivity index (χ0) is 14.1. The number of benzene rings is 2. The largest absolute Gasteiger partial charge is 0.454 e. The number of rotatable bonds is 3. The van der Waals surface area contributed by atoms with Crippen LogP contribution in [0.15, 0.2) is 42.5 Å². The highest BCUT2D eigenvalue weighted by atomic mass is 19.1. The van der Waals surface area contributed by atoms with E-state index in [1.54, 1.807) is 12.1 Å². The number of hydrogen-bond acceptors (Lipinski definition) is 4. The summed E-state index contributed by atoms with van der Waals surface area (Å²) in [6, 6.07) is 9.86. The molecule has 1 aliphatic heterocycles. The molecule has 4 nitrogen and oxygen atoms in total. The van der Waals surface area contributed by atoms with Crippen molar-refractivity contribution in [1.29, 1.82) is 0 Å². The van der Waals surface area contributed by atoms with Crippen molar-refractivity contribution in [3.05, 3.63) is 59.4 Å². The van der Waals surface area contributed by atoms with Crippen LogP contribution >= 0.6 is 0 Å². The van der Waals surface area contributed by atoms with Crippen LogP contribution in [0.1, 0.15) is 22.0 Å². The lowest BCUT2D eigenvalue weighted by Crippen LogP contribution is -2.12. The van der Waals surface area contributed by atoms with Crippen LogP contribution in [-0.2, 0) is 0 Å². The Morgan fingerprint density at radius 3 is 2.55 bits per heavy atom. The molecule has 0 amide bonds. The van der Waals surface area contributed by atoms with Gasteiger partial charge in [-0.3, -0.25) is 4.79 Å². The maximum absolute atomic E-state index is 12.8. The highest BCUT2D eigenvalue weighted by Crippen LogP contribution is 2.33. The molecule has 1 N–H and O–H groups in total. The van der Waals surface area contributed by atoms with Crippen molar-refractivity contribution in [2.24, 2.45) is 0 Å². The van der Waals surface area contributed by atoms with E-state index in [9.17, 15) is 14.3 Å². The van der Waals surface area contributed by atoms with Crippen molar-refractivity contribution in [1.82, 2.24) is 0 Å². The van der Waals surface area contributed by atoms with Crippen molar-refractivity contribution in [2.45, 2.75) is 6.10 Å². The molecule has 2 aromatic carbocycles. The minimum absolute atomic E-state index is 0.119. The molecule has 1 atom stereocenters. The quantitative estimate of drug-likeness (QED) is 0.874. The first-order chi connectivity index (χ1) is 9.65. The van der Waals surface area contributed by atoms with Crippen molar-refractivity contribution in [2.75, 3.05) is 6.79 Å². The van der Waals surface area contributed by atoms with Crippen LogP contribution in [0, 0.1) is 5.82 Å². The van der Waals surface area contributed by atoms with E-state index < -0.39 is 17.7 Å². The fourth-order valence-corrected chi connectivity index (χ4v) is 2.00. The Morgan fingerprint density at radius 1 is 1.10 bits per heavy atom. The van der Waals surface area contributed by atoms with Gasteiger partial charge in [-0.15, -0.1) is 0 Å². The smallest absolute Gasteiger partial charge is 0.231 e. The normalized spacial score (nSPS) is 14.1. The highest BCUT2D eigenvalue weighted by molar-refractivity contribution is 6.00. The number of carbonyl (C=O) groups excluding carboxylic acids is 1. The Bertz CT molecular complexity index is 651. The molecule has 102 valence electrons. The maximum atomic E-state index is 12.8.